The first kappa shape index (κ1) is 20.5. The van der Waals surface area contributed by atoms with Crippen molar-refractivity contribution in [1.82, 2.24) is 14.8 Å². The van der Waals surface area contributed by atoms with E-state index in [0.717, 1.165) is 18.8 Å². The van der Waals surface area contributed by atoms with Crippen molar-refractivity contribution in [3.05, 3.63) is 42.7 Å². The molecule has 4 rings (SSSR count). The molecule has 158 valence electrons. The topological polar surface area (TPSA) is 76.2 Å². The first-order valence-electron chi connectivity index (χ1n) is 10.5. The van der Waals surface area contributed by atoms with Crippen molar-refractivity contribution in [1.29, 1.82) is 0 Å². The number of benzene rings is 1. The van der Waals surface area contributed by atoms with Gasteiger partial charge in [0.2, 0.25) is 5.91 Å². The van der Waals surface area contributed by atoms with E-state index in [0.29, 0.717) is 23.3 Å². The molecule has 0 unspecified atom stereocenters. The zero-order valence-corrected chi connectivity index (χ0v) is 18.0. The number of carbonyl (C=O) groups is 1. The van der Waals surface area contributed by atoms with Crippen molar-refractivity contribution < 1.29 is 9.21 Å². The summed E-state index contributed by atoms with van der Waals surface area (Å²) in [5, 5.41) is 12.1. The van der Waals surface area contributed by atoms with Gasteiger partial charge in [-0.3, -0.25) is 9.36 Å². The molecular weight excluding hydrogens is 398 g/mol. The lowest BCUT2D eigenvalue weighted by atomic mass is 10.2. The molecule has 0 spiro atoms. The van der Waals surface area contributed by atoms with Gasteiger partial charge in [-0.15, -0.1) is 10.2 Å². The summed E-state index contributed by atoms with van der Waals surface area (Å²) in [5.74, 6) is 1.55. The van der Waals surface area contributed by atoms with E-state index in [1.165, 1.54) is 43.1 Å². The first-order chi connectivity index (χ1) is 14.7. The van der Waals surface area contributed by atoms with E-state index >= 15 is 0 Å². The third-order valence-electron chi connectivity index (χ3n) is 5.23. The second kappa shape index (κ2) is 9.84. The summed E-state index contributed by atoms with van der Waals surface area (Å²) in [6.45, 7) is 4.94. The van der Waals surface area contributed by atoms with Gasteiger partial charge in [0.05, 0.1) is 12.0 Å². The van der Waals surface area contributed by atoms with Crippen molar-refractivity contribution >= 4 is 29.0 Å². The second-order valence-corrected chi connectivity index (χ2v) is 8.26. The molecule has 1 aliphatic heterocycles. The first-order valence-corrected chi connectivity index (χ1v) is 11.5. The number of nitrogens with zero attached hydrogens (tertiary/aromatic N) is 4. The molecule has 0 saturated carbocycles. The van der Waals surface area contributed by atoms with Gasteiger partial charge < -0.3 is 14.6 Å². The van der Waals surface area contributed by atoms with E-state index in [9.17, 15) is 4.79 Å². The molecule has 0 radical (unpaired) electrons. The standard InChI is InChI=1S/C22H27N5O2S/c1-2-27-21(19-8-7-15-29-19)24-25-22(27)30-16-20(28)23-17-9-11-18(12-10-17)26-13-5-3-4-6-14-26/h7-12,15H,2-6,13-14,16H2,1H3,(H,23,28). The van der Waals surface area contributed by atoms with Gasteiger partial charge in [-0.25, -0.2) is 0 Å². The Bertz CT molecular complexity index is 945. The Balaban J connectivity index is 1.33. The molecule has 30 heavy (non-hydrogen) atoms. The lowest BCUT2D eigenvalue weighted by Crippen LogP contribution is -2.23. The Morgan fingerprint density at radius 2 is 1.87 bits per heavy atom. The van der Waals surface area contributed by atoms with E-state index in [-0.39, 0.29) is 11.7 Å². The second-order valence-electron chi connectivity index (χ2n) is 7.31. The van der Waals surface area contributed by atoms with E-state index in [1.54, 1.807) is 6.26 Å². The molecule has 1 saturated heterocycles. The van der Waals surface area contributed by atoms with Crippen LogP contribution in [0.5, 0.6) is 0 Å². The number of anilines is 2. The Kier molecular flexibility index (Phi) is 6.74. The van der Waals surface area contributed by atoms with Crippen molar-refractivity contribution in [3.63, 3.8) is 0 Å². The van der Waals surface area contributed by atoms with Crippen LogP contribution in [-0.4, -0.2) is 39.5 Å². The normalized spacial score (nSPS) is 14.5. The Labute approximate surface area is 180 Å². The fourth-order valence-corrected chi connectivity index (χ4v) is 4.48. The summed E-state index contributed by atoms with van der Waals surface area (Å²) >= 11 is 1.37. The van der Waals surface area contributed by atoms with Crippen molar-refractivity contribution in [2.45, 2.75) is 44.3 Å². The number of nitrogens with one attached hydrogen (secondary N) is 1. The Morgan fingerprint density at radius 3 is 2.53 bits per heavy atom. The van der Waals surface area contributed by atoms with Crippen molar-refractivity contribution in [2.75, 3.05) is 29.1 Å². The third-order valence-corrected chi connectivity index (χ3v) is 6.20. The SMILES string of the molecule is CCn1c(SCC(=O)Nc2ccc(N3CCCCCC3)cc2)nnc1-c1ccco1. The van der Waals surface area contributed by atoms with Gasteiger partial charge in [-0.1, -0.05) is 24.6 Å². The quantitative estimate of drug-likeness (QED) is 0.555. The predicted octanol–water partition coefficient (Wildman–Crippen LogP) is 4.67. The van der Waals surface area contributed by atoms with Gasteiger partial charge >= 0.3 is 0 Å². The average Bonchev–Trinajstić information content (AvgIpc) is 3.35. The lowest BCUT2D eigenvalue weighted by molar-refractivity contribution is -0.113. The highest BCUT2D eigenvalue weighted by molar-refractivity contribution is 7.99. The molecule has 0 atom stereocenters. The number of rotatable bonds is 7. The predicted molar refractivity (Wildman–Crippen MR) is 120 cm³/mol. The number of thioether (sulfide) groups is 1. The van der Waals surface area contributed by atoms with Crippen LogP contribution in [0.1, 0.15) is 32.6 Å². The zero-order valence-electron chi connectivity index (χ0n) is 17.2. The highest BCUT2D eigenvalue weighted by Gasteiger charge is 2.16. The van der Waals surface area contributed by atoms with Crippen LogP contribution >= 0.6 is 11.8 Å². The van der Waals surface area contributed by atoms with Crippen LogP contribution in [0.15, 0.2) is 52.2 Å². The lowest BCUT2D eigenvalue weighted by Gasteiger charge is -2.22. The van der Waals surface area contributed by atoms with Crippen LogP contribution < -0.4 is 10.2 Å². The number of furan rings is 1. The molecule has 7 nitrogen and oxygen atoms in total. The molecule has 3 aromatic rings. The molecule has 1 fully saturated rings. The molecule has 0 aliphatic carbocycles. The van der Waals surface area contributed by atoms with Crippen molar-refractivity contribution in [2.24, 2.45) is 0 Å². The molecule has 1 aromatic carbocycles. The minimum Gasteiger partial charge on any atom is -0.461 e. The van der Waals surface area contributed by atoms with E-state index in [4.69, 9.17) is 4.42 Å². The van der Waals surface area contributed by atoms with Gasteiger partial charge in [0.1, 0.15) is 0 Å². The highest BCUT2D eigenvalue weighted by Crippen LogP contribution is 2.25. The molecule has 3 heterocycles. The van der Waals surface area contributed by atoms with Crippen LogP contribution in [0.3, 0.4) is 0 Å². The summed E-state index contributed by atoms with van der Waals surface area (Å²) < 4.78 is 7.38. The number of hydrogen-bond donors (Lipinski definition) is 1. The number of hydrogen-bond acceptors (Lipinski definition) is 6. The van der Waals surface area contributed by atoms with Crippen LogP contribution in [0.25, 0.3) is 11.6 Å². The molecule has 1 aliphatic rings. The maximum absolute atomic E-state index is 12.4. The molecule has 2 aromatic heterocycles. The van der Waals surface area contributed by atoms with Crippen LogP contribution in [0.4, 0.5) is 11.4 Å². The van der Waals surface area contributed by atoms with Crippen LogP contribution in [-0.2, 0) is 11.3 Å². The Morgan fingerprint density at radius 1 is 1.10 bits per heavy atom. The third kappa shape index (κ3) is 4.87. The van der Waals surface area contributed by atoms with Gasteiger partial charge in [0.15, 0.2) is 16.7 Å². The largest absolute Gasteiger partial charge is 0.461 e. The highest BCUT2D eigenvalue weighted by atomic mass is 32.2. The number of aromatic nitrogens is 3. The monoisotopic (exact) mass is 425 g/mol. The smallest absolute Gasteiger partial charge is 0.234 e. The molecular formula is C22H27N5O2S. The molecule has 0 bridgehead atoms. The zero-order chi connectivity index (χ0) is 20.8. The summed E-state index contributed by atoms with van der Waals surface area (Å²) in [7, 11) is 0. The fourth-order valence-electron chi connectivity index (χ4n) is 3.68. The van der Waals surface area contributed by atoms with Crippen LogP contribution in [0.2, 0.25) is 0 Å². The van der Waals surface area contributed by atoms with Crippen molar-refractivity contribution in [3.8, 4) is 11.6 Å². The Hall–Kier alpha value is -2.74. The maximum Gasteiger partial charge on any atom is 0.234 e. The summed E-state index contributed by atoms with van der Waals surface area (Å²) in [6.07, 6.45) is 6.75. The summed E-state index contributed by atoms with van der Waals surface area (Å²) in [6, 6.07) is 11.8. The number of amides is 1. The maximum atomic E-state index is 12.4. The molecule has 1 amide bonds. The van der Waals surface area contributed by atoms with Gasteiger partial charge in [-0.2, -0.15) is 0 Å². The number of carbonyl (C=O) groups excluding carboxylic acids is 1. The van der Waals surface area contributed by atoms with Crippen LogP contribution in [0, 0.1) is 0 Å². The van der Waals surface area contributed by atoms with E-state index in [2.05, 4.69) is 32.5 Å². The molecule has 1 N–H and O–H groups in total. The summed E-state index contributed by atoms with van der Waals surface area (Å²) in [4.78, 5) is 14.9. The van der Waals surface area contributed by atoms with Gasteiger partial charge in [-0.05, 0) is 56.2 Å². The minimum absolute atomic E-state index is 0.0623. The average molecular weight is 426 g/mol. The molecule has 8 heteroatoms. The van der Waals surface area contributed by atoms with Gasteiger partial charge in [0, 0.05) is 31.0 Å². The van der Waals surface area contributed by atoms with Gasteiger partial charge in [0.25, 0.3) is 0 Å². The fraction of sp³-hybridized carbons (Fsp3) is 0.409. The van der Waals surface area contributed by atoms with E-state index in [1.807, 2.05) is 35.8 Å². The summed E-state index contributed by atoms with van der Waals surface area (Å²) in [5.41, 5.74) is 2.04. The van der Waals surface area contributed by atoms with E-state index < -0.39 is 0 Å². The minimum atomic E-state index is -0.0623.